The summed E-state index contributed by atoms with van der Waals surface area (Å²) in [6.07, 6.45) is 3.21. The molecule has 7 nitrogen and oxygen atoms in total. The number of carbonyl (C=O) groups excluding carboxylic acids is 1. The second kappa shape index (κ2) is 7.55. The highest BCUT2D eigenvalue weighted by Gasteiger charge is 2.68. The van der Waals surface area contributed by atoms with Crippen LogP contribution in [0.5, 0.6) is 17.2 Å². The second-order valence-electron chi connectivity index (χ2n) is 10.1. The lowest BCUT2D eigenvalue weighted by atomic mass is 9.58. The zero-order chi connectivity index (χ0) is 21.8. The molecule has 31 heavy (non-hydrogen) atoms. The van der Waals surface area contributed by atoms with Crippen LogP contribution in [0.1, 0.15) is 51.2 Å². The van der Waals surface area contributed by atoms with Crippen molar-refractivity contribution < 1.29 is 28.8 Å². The van der Waals surface area contributed by atoms with E-state index in [1.165, 1.54) is 0 Å². The number of methoxy groups -OCH3 is 1. The Morgan fingerprint density at radius 2 is 2.06 bits per heavy atom. The van der Waals surface area contributed by atoms with Gasteiger partial charge in [0.15, 0.2) is 11.5 Å². The number of rotatable bonds is 5. The molecule has 7 heteroatoms. The van der Waals surface area contributed by atoms with Gasteiger partial charge in [0.25, 0.3) is 0 Å². The van der Waals surface area contributed by atoms with Crippen molar-refractivity contribution in [2.24, 2.45) is 22.7 Å². The second-order valence-corrected chi connectivity index (χ2v) is 10.1. The molecule has 1 aromatic rings. The summed E-state index contributed by atoms with van der Waals surface area (Å²) in [5.41, 5.74) is 1.08. The third-order valence-electron chi connectivity index (χ3n) is 8.33. The van der Waals surface area contributed by atoms with Crippen LogP contribution in [0, 0.1) is 22.7 Å². The lowest BCUT2D eigenvalue weighted by molar-refractivity contribution is -0.137. The molecule has 0 radical (unpaired) electrons. The molecule has 0 unspecified atom stereocenters. The molecule has 2 bridgehead atoms. The van der Waals surface area contributed by atoms with Gasteiger partial charge in [-0.2, -0.15) is 0 Å². The number of benzene rings is 1. The van der Waals surface area contributed by atoms with Crippen molar-refractivity contribution in [3.63, 3.8) is 0 Å². The largest absolute Gasteiger partial charge is 0.493 e. The first kappa shape index (κ1) is 20.9. The molecule has 0 aromatic heterocycles. The number of hydrogen-bond acceptors (Lipinski definition) is 6. The molecule has 170 valence electrons. The molecule has 1 amide bonds. The number of aliphatic hydroxyl groups is 1. The van der Waals surface area contributed by atoms with Gasteiger partial charge in [0.05, 0.1) is 19.8 Å². The SMILES string of the molecule is COc1cc([C@H]2OCC[C@@]34C[C@@H](C[C@H]23)C(C)(C)[C@@H]4NC(=O)CCO)cc2c1OCCO2. The number of amides is 1. The average Bonchev–Trinajstić information content (AvgIpc) is 3.25. The van der Waals surface area contributed by atoms with Gasteiger partial charge in [0.1, 0.15) is 13.2 Å². The van der Waals surface area contributed by atoms with E-state index < -0.39 is 0 Å². The summed E-state index contributed by atoms with van der Waals surface area (Å²) in [6.45, 7) is 6.14. The van der Waals surface area contributed by atoms with Crippen LogP contribution < -0.4 is 19.5 Å². The number of hydrogen-bond donors (Lipinski definition) is 2. The number of carbonyl (C=O) groups is 1. The predicted molar refractivity (Wildman–Crippen MR) is 113 cm³/mol. The van der Waals surface area contributed by atoms with E-state index in [1.54, 1.807) is 7.11 Å². The summed E-state index contributed by atoms with van der Waals surface area (Å²) in [7, 11) is 1.65. The summed E-state index contributed by atoms with van der Waals surface area (Å²) in [4.78, 5) is 12.5. The monoisotopic (exact) mass is 431 g/mol. The van der Waals surface area contributed by atoms with Crippen molar-refractivity contribution in [3.8, 4) is 17.2 Å². The molecule has 2 aliphatic heterocycles. The van der Waals surface area contributed by atoms with Crippen molar-refractivity contribution in [2.75, 3.05) is 33.5 Å². The molecule has 2 aliphatic carbocycles. The summed E-state index contributed by atoms with van der Waals surface area (Å²) in [5.74, 6) is 2.81. The van der Waals surface area contributed by atoms with Gasteiger partial charge in [0, 0.05) is 19.1 Å². The number of fused-ring (bicyclic) bond motifs is 2. The Hall–Kier alpha value is -1.99. The Labute approximate surface area is 183 Å². The maximum Gasteiger partial charge on any atom is 0.222 e. The van der Waals surface area contributed by atoms with Crippen LogP contribution in [-0.4, -0.2) is 50.6 Å². The highest BCUT2D eigenvalue weighted by molar-refractivity contribution is 5.76. The molecular weight excluding hydrogens is 398 g/mol. The molecule has 3 fully saturated rings. The molecule has 5 rings (SSSR count). The first-order chi connectivity index (χ1) is 14.9. The van der Waals surface area contributed by atoms with Crippen LogP contribution in [0.15, 0.2) is 12.1 Å². The number of ether oxygens (including phenoxy) is 4. The van der Waals surface area contributed by atoms with Crippen LogP contribution >= 0.6 is 0 Å². The highest BCUT2D eigenvalue weighted by Crippen LogP contribution is 2.70. The molecule has 5 atom stereocenters. The molecule has 1 aromatic carbocycles. The van der Waals surface area contributed by atoms with Crippen molar-refractivity contribution in [3.05, 3.63) is 17.7 Å². The number of nitrogens with one attached hydrogen (secondary N) is 1. The Morgan fingerprint density at radius 1 is 1.26 bits per heavy atom. The van der Waals surface area contributed by atoms with Gasteiger partial charge in [-0.15, -0.1) is 0 Å². The fourth-order valence-electron chi connectivity index (χ4n) is 6.91. The molecule has 2 saturated carbocycles. The van der Waals surface area contributed by atoms with Gasteiger partial charge in [0.2, 0.25) is 11.7 Å². The van der Waals surface area contributed by atoms with Gasteiger partial charge >= 0.3 is 0 Å². The lowest BCUT2D eigenvalue weighted by Gasteiger charge is -2.53. The molecular formula is C24H33NO6. The molecule has 4 aliphatic rings. The fourth-order valence-corrected chi connectivity index (χ4v) is 6.91. The highest BCUT2D eigenvalue weighted by atomic mass is 16.6. The first-order valence-corrected chi connectivity index (χ1v) is 11.4. The standard InChI is InChI=1S/C24H33NO6/c1-23(2)15-12-16-20(14-10-17(28-3)21-18(11-14)29-8-9-31-21)30-7-5-24(16,13-15)22(23)25-19(27)4-6-26/h10-11,15-16,20,22,26H,4-9,12-13H2,1-3H3,(H,25,27)/t15-,16-,20-,22+,24-/m1/s1. The molecule has 2 N–H and O–H groups in total. The van der Waals surface area contributed by atoms with Crippen LogP contribution in [0.4, 0.5) is 0 Å². The van der Waals surface area contributed by atoms with Crippen molar-refractivity contribution in [1.82, 2.24) is 5.32 Å². The third kappa shape index (κ3) is 3.11. The molecule has 1 saturated heterocycles. The van der Waals surface area contributed by atoms with E-state index in [-0.39, 0.29) is 41.9 Å². The minimum Gasteiger partial charge on any atom is -0.493 e. The van der Waals surface area contributed by atoms with Gasteiger partial charge in [-0.25, -0.2) is 0 Å². The van der Waals surface area contributed by atoms with Crippen LogP contribution in [0.3, 0.4) is 0 Å². The van der Waals surface area contributed by atoms with Gasteiger partial charge < -0.3 is 29.4 Å². The van der Waals surface area contributed by atoms with Crippen LogP contribution in [0.2, 0.25) is 0 Å². The Kier molecular flexibility index (Phi) is 5.09. The fraction of sp³-hybridized carbons (Fsp3) is 0.708. The van der Waals surface area contributed by atoms with Crippen molar-refractivity contribution in [1.29, 1.82) is 0 Å². The Balaban J connectivity index is 1.50. The van der Waals surface area contributed by atoms with E-state index in [2.05, 4.69) is 19.2 Å². The summed E-state index contributed by atoms with van der Waals surface area (Å²) in [5, 5.41) is 12.5. The third-order valence-corrected chi connectivity index (χ3v) is 8.33. The number of aliphatic hydroxyl groups excluding tert-OH is 1. The van der Waals surface area contributed by atoms with Gasteiger partial charge in [-0.05, 0) is 59.6 Å². The summed E-state index contributed by atoms with van der Waals surface area (Å²) < 4.78 is 23.6. The van der Waals surface area contributed by atoms with Crippen molar-refractivity contribution >= 4 is 5.91 Å². The quantitative estimate of drug-likeness (QED) is 0.746. The van der Waals surface area contributed by atoms with Crippen molar-refractivity contribution in [2.45, 2.75) is 51.7 Å². The molecule has 2 heterocycles. The van der Waals surface area contributed by atoms with E-state index in [1.807, 2.05) is 12.1 Å². The van der Waals surface area contributed by atoms with E-state index in [0.717, 1.165) is 24.8 Å². The minimum atomic E-state index is -0.123. The predicted octanol–water partition coefficient (Wildman–Crippen LogP) is 2.85. The van der Waals surface area contributed by atoms with Gasteiger partial charge in [-0.1, -0.05) is 13.8 Å². The van der Waals surface area contributed by atoms with E-state index in [0.29, 0.717) is 48.9 Å². The summed E-state index contributed by atoms with van der Waals surface area (Å²) >= 11 is 0. The lowest BCUT2D eigenvalue weighted by Crippen LogP contribution is -2.59. The minimum absolute atomic E-state index is 0.00267. The maximum atomic E-state index is 12.5. The summed E-state index contributed by atoms with van der Waals surface area (Å²) in [6, 6.07) is 4.14. The van der Waals surface area contributed by atoms with Gasteiger partial charge in [-0.3, -0.25) is 4.79 Å². The topological polar surface area (TPSA) is 86.3 Å². The van der Waals surface area contributed by atoms with E-state index >= 15 is 0 Å². The zero-order valence-electron chi connectivity index (χ0n) is 18.6. The first-order valence-electron chi connectivity index (χ1n) is 11.4. The maximum absolute atomic E-state index is 12.5. The Bertz CT molecular complexity index is 853. The zero-order valence-corrected chi connectivity index (χ0v) is 18.6. The van der Waals surface area contributed by atoms with E-state index in [9.17, 15) is 9.90 Å². The Morgan fingerprint density at radius 3 is 2.84 bits per heavy atom. The van der Waals surface area contributed by atoms with Crippen LogP contribution in [-0.2, 0) is 9.53 Å². The smallest absolute Gasteiger partial charge is 0.222 e. The molecule has 1 spiro atoms. The average molecular weight is 432 g/mol. The van der Waals surface area contributed by atoms with Crippen LogP contribution in [0.25, 0.3) is 0 Å². The normalized spacial score (nSPS) is 34.8. The van der Waals surface area contributed by atoms with E-state index in [4.69, 9.17) is 18.9 Å².